The van der Waals surface area contributed by atoms with Crippen molar-refractivity contribution >= 4 is 17.6 Å². The Balaban J connectivity index is 1.45. The van der Waals surface area contributed by atoms with E-state index in [0.29, 0.717) is 29.4 Å². The van der Waals surface area contributed by atoms with Gasteiger partial charge >= 0.3 is 5.97 Å². The second-order valence-electron chi connectivity index (χ2n) is 9.13. The fourth-order valence-corrected chi connectivity index (χ4v) is 4.90. The lowest BCUT2D eigenvalue weighted by atomic mass is 9.84. The van der Waals surface area contributed by atoms with Crippen molar-refractivity contribution in [2.45, 2.75) is 39.2 Å². The van der Waals surface area contributed by atoms with Gasteiger partial charge in [0.05, 0.1) is 18.4 Å². The van der Waals surface area contributed by atoms with Crippen LogP contribution in [0.3, 0.4) is 0 Å². The highest BCUT2D eigenvalue weighted by Crippen LogP contribution is 2.43. The smallest absolute Gasteiger partial charge is 0.336 e. The van der Waals surface area contributed by atoms with Crippen LogP contribution in [0.5, 0.6) is 11.5 Å². The van der Waals surface area contributed by atoms with Crippen LogP contribution in [0.15, 0.2) is 78.0 Å². The number of ether oxygens (including phenoxy) is 3. The summed E-state index contributed by atoms with van der Waals surface area (Å²) in [4.78, 5) is 27.8. The van der Waals surface area contributed by atoms with Gasteiger partial charge in [-0.25, -0.2) is 4.79 Å². The highest BCUT2D eigenvalue weighted by atomic mass is 16.5. The minimum atomic E-state index is -0.409. The summed E-state index contributed by atoms with van der Waals surface area (Å²) in [6.45, 7) is 4.62. The monoisotopic (exact) mass is 483 g/mol. The SMILES string of the molecule is CCc1ccc(N2C(=O)CC(c3ccc(OCc4cccc(C)c4)c(OC)c3)C3=C2COC3=O)cc1. The zero-order chi connectivity index (χ0) is 25.2. The molecule has 0 radical (unpaired) electrons. The number of methoxy groups -OCH3 is 1. The van der Waals surface area contributed by atoms with Crippen LogP contribution >= 0.6 is 0 Å². The van der Waals surface area contributed by atoms with Crippen LogP contribution in [0.1, 0.15) is 41.5 Å². The summed E-state index contributed by atoms with van der Waals surface area (Å²) in [6.07, 6.45) is 1.08. The number of benzene rings is 3. The maximum Gasteiger partial charge on any atom is 0.336 e. The van der Waals surface area contributed by atoms with Gasteiger partial charge in [0.25, 0.3) is 0 Å². The number of cyclic esters (lactones) is 1. The number of carbonyl (C=O) groups excluding carboxylic acids is 2. The lowest BCUT2D eigenvalue weighted by Gasteiger charge is -2.32. The first kappa shape index (κ1) is 23.7. The van der Waals surface area contributed by atoms with Crippen molar-refractivity contribution in [3.63, 3.8) is 0 Å². The number of nitrogens with zero attached hydrogens (tertiary/aromatic N) is 1. The van der Waals surface area contributed by atoms with E-state index in [1.165, 1.54) is 11.1 Å². The number of rotatable bonds is 7. The van der Waals surface area contributed by atoms with Crippen molar-refractivity contribution < 1.29 is 23.8 Å². The van der Waals surface area contributed by atoms with Crippen molar-refractivity contribution in [1.29, 1.82) is 0 Å². The molecule has 2 heterocycles. The Labute approximate surface area is 211 Å². The number of esters is 1. The standard InChI is InChI=1S/C30H29NO5/c1-4-20-8-11-23(12-9-20)31-25-18-36-30(33)29(25)24(16-28(31)32)22-10-13-26(27(15-22)34-3)35-17-21-7-5-6-19(2)14-21/h5-15,24H,4,16-18H2,1-3H3. The van der Waals surface area contributed by atoms with Crippen LogP contribution in [-0.2, 0) is 27.4 Å². The molecule has 0 spiro atoms. The number of anilines is 1. The van der Waals surface area contributed by atoms with Crippen molar-refractivity contribution in [2.24, 2.45) is 0 Å². The lowest BCUT2D eigenvalue weighted by molar-refractivity contribution is -0.136. The van der Waals surface area contributed by atoms with Gasteiger partial charge in [-0.15, -0.1) is 0 Å². The van der Waals surface area contributed by atoms with E-state index in [0.717, 1.165) is 23.2 Å². The average Bonchev–Trinajstić information content (AvgIpc) is 3.28. The highest BCUT2D eigenvalue weighted by Gasteiger charge is 2.43. The number of hydrogen-bond acceptors (Lipinski definition) is 5. The summed E-state index contributed by atoms with van der Waals surface area (Å²) >= 11 is 0. The number of amides is 1. The third kappa shape index (κ3) is 4.47. The van der Waals surface area contributed by atoms with Crippen molar-refractivity contribution in [3.05, 3.63) is 100 Å². The van der Waals surface area contributed by atoms with Crippen LogP contribution in [0.25, 0.3) is 0 Å². The molecule has 1 atom stereocenters. The molecule has 0 saturated heterocycles. The quantitative estimate of drug-likeness (QED) is 0.417. The van der Waals surface area contributed by atoms with Crippen LogP contribution in [0.2, 0.25) is 0 Å². The summed E-state index contributed by atoms with van der Waals surface area (Å²) in [7, 11) is 1.58. The van der Waals surface area contributed by atoms with Gasteiger partial charge in [-0.3, -0.25) is 9.69 Å². The Kier molecular flexibility index (Phi) is 6.51. The molecule has 5 rings (SSSR count). The maximum atomic E-state index is 13.4. The average molecular weight is 484 g/mol. The topological polar surface area (TPSA) is 65.1 Å². The molecule has 1 amide bonds. The van der Waals surface area contributed by atoms with Gasteiger partial charge in [-0.1, -0.05) is 55.0 Å². The zero-order valence-corrected chi connectivity index (χ0v) is 20.7. The van der Waals surface area contributed by atoms with E-state index in [1.54, 1.807) is 12.0 Å². The normalized spacial score (nSPS) is 17.2. The molecule has 2 aliphatic rings. The minimum absolute atomic E-state index is 0.0694. The van der Waals surface area contributed by atoms with Crippen LogP contribution in [-0.4, -0.2) is 25.6 Å². The largest absolute Gasteiger partial charge is 0.493 e. The molecule has 0 aliphatic carbocycles. The molecule has 0 aromatic heterocycles. The molecule has 6 heteroatoms. The Morgan fingerprint density at radius 3 is 2.50 bits per heavy atom. The minimum Gasteiger partial charge on any atom is -0.493 e. The van der Waals surface area contributed by atoms with Gasteiger partial charge in [0.2, 0.25) is 5.91 Å². The maximum absolute atomic E-state index is 13.4. The fraction of sp³-hybridized carbons (Fsp3) is 0.267. The Morgan fingerprint density at radius 1 is 0.972 bits per heavy atom. The molecule has 0 saturated carbocycles. The number of hydrogen-bond donors (Lipinski definition) is 0. The van der Waals surface area contributed by atoms with E-state index < -0.39 is 5.92 Å². The Hall–Kier alpha value is -4.06. The molecular weight excluding hydrogens is 454 g/mol. The second-order valence-corrected chi connectivity index (χ2v) is 9.13. The van der Waals surface area contributed by atoms with Crippen LogP contribution in [0.4, 0.5) is 5.69 Å². The van der Waals surface area contributed by atoms with E-state index in [1.807, 2.05) is 67.6 Å². The van der Waals surface area contributed by atoms with Crippen LogP contribution < -0.4 is 14.4 Å². The third-order valence-electron chi connectivity index (χ3n) is 6.79. The predicted molar refractivity (Wildman–Crippen MR) is 137 cm³/mol. The summed E-state index contributed by atoms with van der Waals surface area (Å²) in [6, 6.07) is 21.6. The molecule has 1 unspecified atom stereocenters. The van der Waals surface area contributed by atoms with Gasteiger partial charge in [-0.05, 0) is 54.3 Å². The molecule has 184 valence electrons. The molecule has 3 aromatic carbocycles. The predicted octanol–water partition coefficient (Wildman–Crippen LogP) is 5.48. The molecule has 3 aromatic rings. The van der Waals surface area contributed by atoms with E-state index >= 15 is 0 Å². The van der Waals surface area contributed by atoms with Crippen LogP contribution in [0, 0.1) is 6.92 Å². The first-order valence-corrected chi connectivity index (χ1v) is 12.2. The molecule has 2 aliphatic heterocycles. The molecule has 0 bridgehead atoms. The second kappa shape index (κ2) is 9.90. The molecule has 0 N–H and O–H groups in total. The Morgan fingerprint density at radius 2 is 1.78 bits per heavy atom. The van der Waals surface area contributed by atoms with Crippen molar-refractivity contribution in [3.8, 4) is 11.5 Å². The van der Waals surface area contributed by atoms with E-state index in [4.69, 9.17) is 14.2 Å². The summed E-state index contributed by atoms with van der Waals surface area (Å²) < 4.78 is 17.1. The fourth-order valence-electron chi connectivity index (χ4n) is 4.90. The number of carbonyl (C=O) groups is 2. The van der Waals surface area contributed by atoms with Gasteiger partial charge in [0.15, 0.2) is 11.5 Å². The number of aryl methyl sites for hydroxylation is 2. The van der Waals surface area contributed by atoms with E-state index in [2.05, 4.69) is 13.0 Å². The van der Waals surface area contributed by atoms with Gasteiger partial charge < -0.3 is 14.2 Å². The molecule has 6 nitrogen and oxygen atoms in total. The molecule has 0 fully saturated rings. The van der Waals surface area contributed by atoms with E-state index in [9.17, 15) is 9.59 Å². The van der Waals surface area contributed by atoms with Crippen molar-refractivity contribution in [2.75, 3.05) is 18.6 Å². The van der Waals surface area contributed by atoms with Gasteiger partial charge in [0, 0.05) is 18.0 Å². The molecule has 36 heavy (non-hydrogen) atoms. The first-order valence-electron chi connectivity index (χ1n) is 12.2. The van der Waals surface area contributed by atoms with Crippen molar-refractivity contribution in [1.82, 2.24) is 0 Å². The third-order valence-corrected chi connectivity index (χ3v) is 6.79. The lowest BCUT2D eigenvalue weighted by Crippen LogP contribution is -2.37. The zero-order valence-electron chi connectivity index (χ0n) is 20.7. The van der Waals surface area contributed by atoms with E-state index in [-0.39, 0.29) is 24.9 Å². The highest BCUT2D eigenvalue weighted by molar-refractivity contribution is 6.06. The summed E-state index contributed by atoms with van der Waals surface area (Å²) in [5.74, 6) is 0.300. The summed E-state index contributed by atoms with van der Waals surface area (Å²) in [5, 5.41) is 0. The van der Waals surface area contributed by atoms with Gasteiger partial charge in [-0.2, -0.15) is 0 Å². The summed E-state index contributed by atoms with van der Waals surface area (Å²) in [5.41, 5.74) is 6.13. The Bertz CT molecular complexity index is 1340. The van der Waals surface area contributed by atoms with Gasteiger partial charge in [0.1, 0.15) is 13.2 Å². The molecular formula is C30H29NO5. The first-order chi connectivity index (χ1) is 17.5.